The van der Waals surface area contributed by atoms with E-state index in [1.807, 2.05) is 6.07 Å². The molecule has 74 valence electrons. The zero-order valence-electron chi connectivity index (χ0n) is 7.52. The second kappa shape index (κ2) is 6.01. The molecular formula is C8H13NO3S. The summed E-state index contributed by atoms with van der Waals surface area (Å²) in [6.45, 7) is 0.658. The van der Waals surface area contributed by atoms with Gasteiger partial charge in [-0.1, -0.05) is 5.16 Å². The highest BCUT2D eigenvalue weighted by Crippen LogP contribution is 2.12. The summed E-state index contributed by atoms with van der Waals surface area (Å²) in [5.74, 6) is 2.24. The molecule has 0 aliphatic heterocycles. The third-order valence-corrected chi connectivity index (χ3v) is 2.35. The first-order chi connectivity index (χ1) is 6.36. The zero-order valence-corrected chi connectivity index (χ0v) is 8.34. The summed E-state index contributed by atoms with van der Waals surface area (Å²) >= 11 is 1.62. The monoisotopic (exact) mass is 203 g/mol. The van der Waals surface area contributed by atoms with Gasteiger partial charge in [-0.05, 0) is 0 Å². The predicted octanol–water partition coefficient (Wildman–Crippen LogP) is 1.05. The van der Waals surface area contributed by atoms with Crippen LogP contribution in [0, 0.1) is 0 Å². The van der Waals surface area contributed by atoms with E-state index < -0.39 is 0 Å². The highest BCUT2D eigenvalue weighted by atomic mass is 32.2. The number of ether oxygens (including phenoxy) is 1. The van der Waals surface area contributed by atoms with E-state index in [0.717, 1.165) is 23.0 Å². The molecule has 0 aromatic carbocycles. The highest BCUT2D eigenvalue weighted by molar-refractivity contribution is 7.98. The smallest absolute Gasteiger partial charge is 0.162 e. The molecule has 0 bridgehead atoms. The van der Waals surface area contributed by atoms with Crippen molar-refractivity contribution in [2.45, 2.75) is 12.4 Å². The van der Waals surface area contributed by atoms with Crippen LogP contribution in [0.4, 0.5) is 0 Å². The summed E-state index contributed by atoms with van der Waals surface area (Å²) in [5, 5.41) is 12.4. The number of thioether (sulfide) groups is 1. The third-order valence-electron chi connectivity index (χ3n) is 1.38. The second-order valence-electron chi connectivity index (χ2n) is 2.49. The first-order valence-corrected chi connectivity index (χ1v) is 5.14. The van der Waals surface area contributed by atoms with Crippen molar-refractivity contribution < 1.29 is 14.4 Å². The van der Waals surface area contributed by atoms with Crippen molar-refractivity contribution >= 4 is 11.8 Å². The van der Waals surface area contributed by atoms with Crippen LogP contribution in [0.1, 0.15) is 11.5 Å². The van der Waals surface area contributed by atoms with Crippen LogP contribution in [0.15, 0.2) is 10.6 Å². The molecule has 1 aromatic heterocycles. The lowest BCUT2D eigenvalue weighted by atomic mass is 10.4. The van der Waals surface area contributed by atoms with Crippen LogP contribution in [0.25, 0.3) is 0 Å². The topological polar surface area (TPSA) is 55.5 Å². The van der Waals surface area contributed by atoms with Crippen LogP contribution in [0.3, 0.4) is 0 Å². The Morgan fingerprint density at radius 1 is 1.69 bits per heavy atom. The Hall–Kier alpha value is -0.520. The quantitative estimate of drug-likeness (QED) is 0.700. The number of aliphatic hydroxyl groups excluding tert-OH is 1. The third kappa shape index (κ3) is 3.80. The van der Waals surface area contributed by atoms with Crippen LogP contribution in [-0.4, -0.2) is 29.7 Å². The van der Waals surface area contributed by atoms with Gasteiger partial charge in [0, 0.05) is 24.7 Å². The Morgan fingerprint density at radius 2 is 2.54 bits per heavy atom. The molecule has 5 heteroatoms. The average Bonchev–Trinajstić information content (AvgIpc) is 2.54. The van der Waals surface area contributed by atoms with Gasteiger partial charge in [-0.25, -0.2) is 0 Å². The van der Waals surface area contributed by atoms with Crippen molar-refractivity contribution in [3.8, 4) is 0 Å². The summed E-state index contributed by atoms with van der Waals surface area (Å²) in [4.78, 5) is 0. The van der Waals surface area contributed by atoms with Crippen molar-refractivity contribution in [2.24, 2.45) is 0 Å². The molecule has 0 radical (unpaired) electrons. The fourth-order valence-electron chi connectivity index (χ4n) is 0.875. The molecule has 13 heavy (non-hydrogen) atoms. The average molecular weight is 203 g/mol. The Kier molecular flexibility index (Phi) is 4.88. The summed E-state index contributed by atoms with van der Waals surface area (Å²) in [6, 6.07) is 1.87. The number of methoxy groups -OCH3 is 1. The molecule has 0 amide bonds. The molecule has 0 aliphatic carbocycles. The van der Waals surface area contributed by atoms with Crippen molar-refractivity contribution in [3.63, 3.8) is 0 Å². The lowest BCUT2D eigenvalue weighted by molar-refractivity contribution is 0.156. The number of hydrogen-bond acceptors (Lipinski definition) is 5. The van der Waals surface area contributed by atoms with Gasteiger partial charge in [0.15, 0.2) is 5.76 Å². The van der Waals surface area contributed by atoms with E-state index in [9.17, 15) is 0 Å². The summed E-state index contributed by atoms with van der Waals surface area (Å²) < 4.78 is 9.87. The van der Waals surface area contributed by atoms with Gasteiger partial charge >= 0.3 is 0 Å². The van der Waals surface area contributed by atoms with Crippen molar-refractivity contribution in [1.29, 1.82) is 0 Å². The van der Waals surface area contributed by atoms with Gasteiger partial charge in [-0.2, -0.15) is 11.8 Å². The number of nitrogens with zero attached hydrogens (tertiary/aromatic N) is 1. The molecule has 1 aromatic rings. The maximum atomic E-state index is 8.55. The van der Waals surface area contributed by atoms with E-state index in [1.165, 1.54) is 0 Å². The minimum absolute atomic E-state index is 0.202. The van der Waals surface area contributed by atoms with Crippen molar-refractivity contribution in [3.05, 3.63) is 17.5 Å². The van der Waals surface area contributed by atoms with Gasteiger partial charge in [-0.3, -0.25) is 0 Å². The lowest BCUT2D eigenvalue weighted by Gasteiger charge is -1.92. The van der Waals surface area contributed by atoms with Crippen LogP contribution in [0.2, 0.25) is 0 Å². The van der Waals surface area contributed by atoms with Gasteiger partial charge in [0.25, 0.3) is 0 Å². The van der Waals surface area contributed by atoms with Gasteiger partial charge in [0.05, 0.1) is 12.3 Å². The Bertz CT molecular complexity index is 239. The van der Waals surface area contributed by atoms with Crippen LogP contribution < -0.4 is 0 Å². The van der Waals surface area contributed by atoms with Crippen LogP contribution >= 0.6 is 11.8 Å². The van der Waals surface area contributed by atoms with Crippen LogP contribution in [-0.2, 0) is 17.1 Å². The Balaban J connectivity index is 2.31. The van der Waals surface area contributed by atoms with Crippen molar-refractivity contribution in [2.75, 3.05) is 19.5 Å². The maximum absolute atomic E-state index is 8.55. The van der Waals surface area contributed by atoms with E-state index in [-0.39, 0.29) is 6.61 Å². The highest BCUT2D eigenvalue weighted by Gasteiger charge is 2.02. The first-order valence-electron chi connectivity index (χ1n) is 3.99. The lowest BCUT2D eigenvalue weighted by Crippen LogP contribution is -1.87. The molecule has 0 atom stereocenters. The van der Waals surface area contributed by atoms with E-state index >= 15 is 0 Å². The summed E-state index contributed by atoms with van der Waals surface area (Å²) in [5.41, 5.74) is 0.894. The standard InChI is InChI=1S/C8H13NO3S/c1-11-5-8-4-7(9-12-8)6-13-3-2-10/h4,10H,2-3,5-6H2,1H3. The molecule has 0 spiro atoms. The van der Waals surface area contributed by atoms with E-state index in [4.69, 9.17) is 14.4 Å². The van der Waals surface area contributed by atoms with Gasteiger partial charge in [-0.15, -0.1) is 0 Å². The van der Waals surface area contributed by atoms with Gasteiger partial charge < -0.3 is 14.4 Å². The molecule has 0 fully saturated rings. The van der Waals surface area contributed by atoms with Gasteiger partial charge in [0.1, 0.15) is 6.61 Å². The second-order valence-corrected chi connectivity index (χ2v) is 3.60. The van der Waals surface area contributed by atoms with E-state index in [0.29, 0.717) is 6.61 Å². The zero-order chi connectivity index (χ0) is 9.52. The molecule has 0 unspecified atom stereocenters. The predicted molar refractivity (Wildman–Crippen MR) is 50.5 cm³/mol. The van der Waals surface area contributed by atoms with Gasteiger partial charge in [0.2, 0.25) is 0 Å². The fourth-order valence-corrected chi connectivity index (χ4v) is 1.49. The molecule has 0 saturated carbocycles. The molecule has 0 aliphatic rings. The number of aliphatic hydroxyl groups is 1. The number of rotatable bonds is 6. The molecule has 1 heterocycles. The van der Waals surface area contributed by atoms with E-state index in [1.54, 1.807) is 18.9 Å². The Labute approximate surface area is 81.3 Å². The fraction of sp³-hybridized carbons (Fsp3) is 0.625. The number of hydrogen-bond donors (Lipinski definition) is 1. The summed E-state index contributed by atoms with van der Waals surface area (Å²) in [6.07, 6.45) is 0. The molecule has 1 N–H and O–H groups in total. The molecule has 1 rings (SSSR count). The minimum atomic E-state index is 0.202. The largest absolute Gasteiger partial charge is 0.396 e. The maximum Gasteiger partial charge on any atom is 0.162 e. The minimum Gasteiger partial charge on any atom is -0.396 e. The molecule has 4 nitrogen and oxygen atoms in total. The molecule has 0 saturated heterocycles. The van der Waals surface area contributed by atoms with Crippen LogP contribution in [0.5, 0.6) is 0 Å². The molecular weight excluding hydrogens is 190 g/mol. The SMILES string of the molecule is COCc1cc(CSCCO)no1. The summed E-state index contributed by atoms with van der Waals surface area (Å²) in [7, 11) is 1.61. The normalized spacial score (nSPS) is 10.6. The first kappa shape index (κ1) is 10.6. The Morgan fingerprint density at radius 3 is 3.23 bits per heavy atom. The van der Waals surface area contributed by atoms with E-state index in [2.05, 4.69) is 5.16 Å². The number of aromatic nitrogens is 1. The van der Waals surface area contributed by atoms with Crippen molar-refractivity contribution in [1.82, 2.24) is 5.16 Å².